The first kappa shape index (κ1) is 27.5. The van der Waals surface area contributed by atoms with Crippen LogP contribution in [0.3, 0.4) is 0 Å². The third-order valence-electron chi connectivity index (χ3n) is 4.99. The summed E-state index contributed by atoms with van der Waals surface area (Å²) in [5, 5.41) is 8.42. The summed E-state index contributed by atoms with van der Waals surface area (Å²) in [6.07, 6.45) is -4.80. The van der Waals surface area contributed by atoms with Crippen LogP contribution in [0.15, 0.2) is 71.6 Å². The van der Waals surface area contributed by atoms with E-state index in [1.807, 2.05) is 25.1 Å². The molecule has 0 saturated heterocycles. The van der Waals surface area contributed by atoms with Gasteiger partial charge in [0.1, 0.15) is 48.9 Å². The van der Waals surface area contributed by atoms with Crippen molar-refractivity contribution in [3.05, 3.63) is 77.9 Å². The lowest BCUT2D eigenvalue weighted by Gasteiger charge is -2.20. The van der Waals surface area contributed by atoms with E-state index in [9.17, 15) is 13.2 Å². The highest BCUT2D eigenvalue weighted by Crippen LogP contribution is 2.31. The predicted molar refractivity (Wildman–Crippen MR) is 130 cm³/mol. The van der Waals surface area contributed by atoms with E-state index in [4.69, 9.17) is 24.2 Å². The van der Waals surface area contributed by atoms with Gasteiger partial charge in [-0.3, -0.25) is 5.26 Å². The van der Waals surface area contributed by atoms with Crippen LogP contribution in [0.1, 0.15) is 11.1 Å². The molecule has 0 aliphatic heterocycles. The molecule has 194 valence electrons. The van der Waals surface area contributed by atoms with E-state index >= 15 is 0 Å². The molecule has 0 aromatic heterocycles. The van der Waals surface area contributed by atoms with Crippen molar-refractivity contribution in [2.45, 2.75) is 24.1 Å². The fourth-order valence-electron chi connectivity index (χ4n) is 3.14. The van der Waals surface area contributed by atoms with Gasteiger partial charge >= 0.3 is 6.18 Å². The van der Waals surface area contributed by atoms with Crippen molar-refractivity contribution in [3.8, 4) is 23.0 Å². The van der Waals surface area contributed by atoms with Crippen LogP contribution in [0, 0.1) is 6.92 Å². The van der Waals surface area contributed by atoms with Crippen molar-refractivity contribution in [2.75, 3.05) is 32.7 Å². The van der Waals surface area contributed by atoms with Crippen LogP contribution in [-0.4, -0.2) is 44.0 Å². The van der Waals surface area contributed by atoms with E-state index < -0.39 is 17.8 Å². The highest BCUT2D eigenvalue weighted by molar-refractivity contribution is 7.99. The Morgan fingerprint density at radius 1 is 0.861 bits per heavy atom. The molecule has 0 amide bonds. The molecule has 36 heavy (non-hydrogen) atoms. The molecular formula is C26H27F3O6S. The van der Waals surface area contributed by atoms with Crippen LogP contribution >= 0.6 is 11.8 Å². The first-order chi connectivity index (χ1) is 17.3. The van der Waals surface area contributed by atoms with Gasteiger partial charge < -0.3 is 18.9 Å². The summed E-state index contributed by atoms with van der Waals surface area (Å²) >= 11 is 1.55. The minimum atomic E-state index is -4.40. The Kier molecular flexibility index (Phi) is 10.2. The smallest absolute Gasteiger partial charge is 0.416 e. The monoisotopic (exact) mass is 524 g/mol. The zero-order valence-corrected chi connectivity index (χ0v) is 20.6. The Morgan fingerprint density at radius 3 is 2.14 bits per heavy atom. The number of methoxy groups -OCH3 is 1. The number of aryl methyl sites for hydroxylation is 1. The summed E-state index contributed by atoms with van der Waals surface area (Å²) in [7, 11) is 1.58. The molecule has 0 aliphatic rings. The van der Waals surface area contributed by atoms with Gasteiger partial charge in [0.25, 0.3) is 0 Å². The van der Waals surface area contributed by atoms with Gasteiger partial charge in [-0.2, -0.15) is 13.2 Å². The molecule has 3 aromatic rings. The maximum atomic E-state index is 12.8. The normalized spacial score (nSPS) is 12.2. The van der Waals surface area contributed by atoms with E-state index in [-0.39, 0.29) is 19.8 Å². The van der Waals surface area contributed by atoms with Crippen LogP contribution in [-0.2, 0) is 11.1 Å². The molecule has 0 radical (unpaired) electrons. The Hall–Kier alpha value is -3.08. The molecule has 0 fully saturated rings. The van der Waals surface area contributed by atoms with Gasteiger partial charge in [-0.05, 0) is 79.2 Å². The first-order valence-corrected chi connectivity index (χ1v) is 12.0. The molecule has 6 nitrogen and oxygen atoms in total. The predicted octanol–water partition coefficient (Wildman–Crippen LogP) is 6.51. The minimum absolute atomic E-state index is 0.0687. The quantitative estimate of drug-likeness (QED) is 0.118. The molecule has 1 atom stereocenters. The number of benzene rings is 3. The van der Waals surface area contributed by atoms with Gasteiger partial charge in [0, 0.05) is 10.6 Å². The lowest BCUT2D eigenvalue weighted by Crippen LogP contribution is -2.27. The number of thioether (sulfide) groups is 1. The van der Waals surface area contributed by atoms with E-state index in [2.05, 4.69) is 4.89 Å². The average molecular weight is 525 g/mol. The third-order valence-corrected chi connectivity index (χ3v) is 6.12. The molecular weight excluding hydrogens is 497 g/mol. The van der Waals surface area contributed by atoms with Crippen molar-refractivity contribution in [2.24, 2.45) is 0 Å². The summed E-state index contributed by atoms with van der Waals surface area (Å²) in [6, 6.07) is 17.4. The second kappa shape index (κ2) is 13.3. The van der Waals surface area contributed by atoms with E-state index in [1.54, 1.807) is 43.1 Å². The summed E-state index contributed by atoms with van der Waals surface area (Å²) < 4.78 is 61.1. The minimum Gasteiger partial charge on any atom is -0.497 e. The summed E-state index contributed by atoms with van der Waals surface area (Å²) in [6.45, 7) is 2.34. The number of alkyl halides is 3. The third kappa shape index (κ3) is 8.54. The molecule has 0 saturated carbocycles. The molecule has 0 bridgehead atoms. The Labute approximate surface area is 211 Å². The Morgan fingerprint density at radius 2 is 1.53 bits per heavy atom. The van der Waals surface area contributed by atoms with Crippen LogP contribution in [0.2, 0.25) is 0 Å². The highest BCUT2D eigenvalue weighted by Gasteiger charge is 2.30. The van der Waals surface area contributed by atoms with Gasteiger partial charge in [-0.1, -0.05) is 0 Å². The molecule has 1 N–H and O–H groups in total. The van der Waals surface area contributed by atoms with Crippen LogP contribution < -0.4 is 18.9 Å². The van der Waals surface area contributed by atoms with Crippen molar-refractivity contribution in [1.82, 2.24) is 0 Å². The van der Waals surface area contributed by atoms with Gasteiger partial charge in [0.05, 0.1) is 12.7 Å². The zero-order valence-electron chi connectivity index (χ0n) is 19.8. The van der Waals surface area contributed by atoms with Crippen molar-refractivity contribution in [3.63, 3.8) is 0 Å². The molecule has 0 heterocycles. The Bertz CT molecular complexity index is 1070. The van der Waals surface area contributed by atoms with Crippen LogP contribution in [0.5, 0.6) is 23.0 Å². The maximum Gasteiger partial charge on any atom is 0.416 e. The first-order valence-electron chi connectivity index (χ1n) is 11.0. The molecule has 3 aromatic carbocycles. The Balaban J connectivity index is 1.65. The fraction of sp³-hybridized carbons (Fsp3) is 0.308. The highest BCUT2D eigenvalue weighted by atomic mass is 32.2. The number of halogens is 3. The fourth-order valence-corrected chi connectivity index (χ4v) is 4.11. The SMILES string of the molecule is COc1ccc(OC(COc2ccc(C(F)(F)F)cc2)CSc2ccc(OCCOO)c(C)c2)cc1. The van der Waals surface area contributed by atoms with E-state index in [0.29, 0.717) is 28.8 Å². The van der Waals surface area contributed by atoms with Crippen molar-refractivity contribution >= 4 is 11.8 Å². The summed E-state index contributed by atoms with van der Waals surface area (Å²) in [5.41, 5.74) is 0.190. The number of hydrogen-bond acceptors (Lipinski definition) is 7. The average Bonchev–Trinajstić information content (AvgIpc) is 2.87. The van der Waals surface area contributed by atoms with Crippen LogP contribution in [0.4, 0.5) is 13.2 Å². The lowest BCUT2D eigenvalue weighted by molar-refractivity contribution is -0.245. The molecule has 0 aliphatic carbocycles. The number of ether oxygens (including phenoxy) is 4. The van der Waals surface area contributed by atoms with Crippen molar-refractivity contribution < 1.29 is 42.3 Å². The zero-order chi connectivity index (χ0) is 26.0. The summed E-state index contributed by atoms with van der Waals surface area (Å²) in [4.78, 5) is 5.00. The van der Waals surface area contributed by atoms with Crippen LogP contribution in [0.25, 0.3) is 0 Å². The largest absolute Gasteiger partial charge is 0.497 e. The van der Waals surface area contributed by atoms with E-state index in [0.717, 1.165) is 22.6 Å². The standard InChI is InChI=1S/C26H27F3O6S/c1-18-15-24(11-12-25(18)32-13-14-34-30)36-17-23(35-22-9-7-20(31-2)8-10-22)16-33-21-5-3-19(4-6-21)26(27,28)29/h3-12,15,23,30H,13-14,16-17H2,1-2H3. The number of hydrogen-bond donors (Lipinski definition) is 1. The van der Waals surface area contributed by atoms with Gasteiger partial charge in [0.2, 0.25) is 0 Å². The molecule has 3 rings (SSSR count). The van der Waals surface area contributed by atoms with Gasteiger partial charge in [-0.15, -0.1) is 11.8 Å². The second-order valence-corrected chi connectivity index (χ2v) is 8.76. The molecule has 1 unspecified atom stereocenters. The van der Waals surface area contributed by atoms with Gasteiger partial charge in [0.15, 0.2) is 0 Å². The van der Waals surface area contributed by atoms with Crippen molar-refractivity contribution in [1.29, 1.82) is 0 Å². The topological polar surface area (TPSA) is 66.4 Å². The second-order valence-electron chi connectivity index (χ2n) is 7.67. The summed E-state index contributed by atoms with van der Waals surface area (Å²) in [5.74, 6) is 2.83. The van der Waals surface area contributed by atoms with E-state index in [1.165, 1.54) is 12.1 Å². The molecule has 10 heteroatoms. The van der Waals surface area contributed by atoms with Gasteiger partial charge in [-0.25, -0.2) is 4.89 Å². The maximum absolute atomic E-state index is 12.8. The number of rotatable bonds is 13. The lowest BCUT2D eigenvalue weighted by atomic mass is 10.2. The molecule has 0 spiro atoms.